The first-order valence-electron chi connectivity index (χ1n) is 5.69. The van der Waals surface area contributed by atoms with E-state index in [2.05, 4.69) is 4.74 Å². The second kappa shape index (κ2) is 5.86. The van der Waals surface area contributed by atoms with E-state index in [1.807, 2.05) is 0 Å². The zero-order valence-corrected chi connectivity index (χ0v) is 10.4. The summed E-state index contributed by atoms with van der Waals surface area (Å²) in [5.74, 6) is -1.25. The number of carboxylic acids is 1. The van der Waals surface area contributed by atoms with E-state index in [9.17, 15) is 14.7 Å². The van der Waals surface area contributed by atoms with E-state index in [0.717, 1.165) is 6.42 Å². The van der Waals surface area contributed by atoms with Gasteiger partial charge in [0.25, 0.3) is 0 Å². The van der Waals surface area contributed by atoms with Crippen LogP contribution in [-0.2, 0) is 14.3 Å². The molecule has 1 aliphatic rings. The maximum atomic E-state index is 11.7. The second-order valence-electron chi connectivity index (χ2n) is 4.37. The van der Waals surface area contributed by atoms with Crippen molar-refractivity contribution in [2.24, 2.45) is 5.92 Å². The second-order valence-corrected chi connectivity index (χ2v) is 4.37. The van der Waals surface area contributed by atoms with Gasteiger partial charge in [-0.3, -0.25) is 4.90 Å². The fraction of sp³-hybridized carbons (Fsp3) is 0.818. The lowest BCUT2D eigenvalue weighted by Crippen LogP contribution is -2.53. The monoisotopic (exact) mass is 245 g/mol. The summed E-state index contributed by atoms with van der Waals surface area (Å²) in [5.41, 5.74) is 0. The fourth-order valence-electron chi connectivity index (χ4n) is 2.02. The molecule has 2 atom stereocenters. The van der Waals surface area contributed by atoms with Gasteiger partial charge >= 0.3 is 12.1 Å². The van der Waals surface area contributed by atoms with Gasteiger partial charge in [-0.2, -0.15) is 0 Å². The number of hydrogen-bond donors (Lipinski definition) is 1. The van der Waals surface area contributed by atoms with Gasteiger partial charge < -0.3 is 14.6 Å². The molecule has 0 aromatic carbocycles. The molecule has 0 spiro atoms. The van der Waals surface area contributed by atoms with Crippen LogP contribution < -0.4 is 0 Å². The van der Waals surface area contributed by atoms with Gasteiger partial charge in [-0.15, -0.1) is 0 Å². The molecule has 0 aromatic rings. The lowest BCUT2D eigenvalue weighted by molar-refractivity contribution is -0.149. The molecule has 1 N–H and O–H groups in total. The Bertz CT molecular complexity index is 286. The number of carbonyl (C=O) groups excluding carboxylic acids is 1. The van der Waals surface area contributed by atoms with Crippen LogP contribution in [0.1, 0.15) is 26.7 Å². The number of ether oxygens (including phenoxy) is 2. The highest BCUT2D eigenvalue weighted by Gasteiger charge is 2.39. The third-order valence-corrected chi connectivity index (χ3v) is 2.79. The predicted molar refractivity (Wildman–Crippen MR) is 59.5 cm³/mol. The highest BCUT2D eigenvalue weighted by molar-refractivity contribution is 5.80. The molecule has 17 heavy (non-hydrogen) atoms. The first-order valence-corrected chi connectivity index (χ1v) is 5.69. The van der Waals surface area contributed by atoms with Crippen molar-refractivity contribution in [1.82, 2.24) is 4.90 Å². The van der Waals surface area contributed by atoms with Gasteiger partial charge in [-0.05, 0) is 18.8 Å². The van der Waals surface area contributed by atoms with E-state index in [1.165, 1.54) is 12.0 Å². The van der Waals surface area contributed by atoms with Gasteiger partial charge in [0, 0.05) is 6.61 Å². The lowest BCUT2D eigenvalue weighted by Gasteiger charge is -2.34. The Labute approximate surface area is 100 Å². The van der Waals surface area contributed by atoms with Crippen LogP contribution in [0, 0.1) is 5.92 Å². The fourth-order valence-corrected chi connectivity index (χ4v) is 2.02. The molecule has 1 aliphatic heterocycles. The molecular formula is C11H19NO5. The van der Waals surface area contributed by atoms with Crippen molar-refractivity contribution in [3.63, 3.8) is 0 Å². The maximum absolute atomic E-state index is 11.7. The van der Waals surface area contributed by atoms with Crippen molar-refractivity contribution in [3.8, 4) is 0 Å². The topological polar surface area (TPSA) is 76.1 Å². The number of carboxylic acid groups (broad SMARTS) is 1. The van der Waals surface area contributed by atoms with Crippen molar-refractivity contribution in [3.05, 3.63) is 0 Å². The van der Waals surface area contributed by atoms with Crippen molar-refractivity contribution in [2.45, 2.75) is 39.0 Å². The largest absolute Gasteiger partial charge is 0.480 e. The standard InChI is InChI=1S/C11H19NO5/c1-7(2)9(10(13)14)12(11(15)16-3)8-5-4-6-17-8/h7-9H,4-6H2,1-3H3,(H,13,14)/t8-,9+/m0/s1. The summed E-state index contributed by atoms with van der Waals surface area (Å²) in [6.45, 7) is 4.05. The average Bonchev–Trinajstić information content (AvgIpc) is 2.76. The van der Waals surface area contributed by atoms with Gasteiger partial charge in [-0.1, -0.05) is 13.8 Å². The zero-order chi connectivity index (χ0) is 13.0. The van der Waals surface area contributed by atoms with Gasteiger partial charge in [-0.25, -0.2) is 9.59 Å². The summed E-state index contributed by atoms with van der Waals surface area (Å²) in [4.78, 5) is 24.2. The highest BCUT2D eigenvalue weighted by Crippen LogP contribution is 2.23. The van der Waals surface area contributed by atoms with E-state index in [-0.39, 0.29) is 5.92 Å². The van der Waals surface area contributed by atoms with Crippen LogP contribution in [0.2, 0.25) is 0 Å². The molecule has 0 radical (unpaired) electrons. The Morgan fingerprint density at radius 2 is 2.12 bits per heavy atom. The summed E-state index contributed by atoms with van der Waals surface area (Å²) < 4.78 is 10.0. The molecule has 0 unspecified atom stereocenters. The highest BCUT2D eigenvalue weighted by atomic mass is 16.6. The molecule has 1 heterocycles. The summed E-state index contributed by atoms with van der Waals surface area (Å²) in [5, 5.41) is 9.21. The Morgan fingerprint density at radius 3 is 2.47 bits per heavy atom. The Balaban J connectivity index is 2.93. The summed E-state index contributed by atoms with van der Waals surface area (Å²) in [6, 6.07) is -0.925. The smallest absolute Gasteiger partial charge is 0.412 e. The van der Waals surface area contributed by atoms with E-state index < -0.39 is 24.3 Å². The molecule has 0 aromatic heterocycles. The van der Waals surface area contributed by atoms with Gasteiger partial charge in [0.2, 0.25) is 0 Å². The van der Waals surface area contributed by atoms with Gasteiger partial charge in [0.1, 0.15) is 12.3 Å². The van der Waals surface area contributed by atoms with Crippen molar-refractivity contribution >= 4 is 12.1 Å². The number of aliphatic carboxylic acids is 1. The molecule has 1 amide bonds. The third kappa shape index (κ3) is 3.09. The van der Waals surface area contributed by atoms with Crippen LogP contribution in [0.5, 0.6) is 0 Å². The van der Waals surface area contributed by atoms with Crippen LogP contribution >= 0.6 is 0 Å². The van der Waals surface area contributed by atoms with Crippen LogP contribution in [-0.4, -0.2) is 48.1 Å². The predicted octanol–water partition coefficient (Wildman–Crippen LogP) is 1.30. The molecule has 1 saturated heterocycles. The zero-order valence-electron chi connectivity index (χ0n) is 10.4. The minimum atomic E-state index is -1.04. The summed E-state index contributed by atoms with van der Waals surface area (Å²) in [6.07, 6.45) is 0.317. The maximum Gasteiger partial charge on any atom is 0.412 e. The van der Waals surface area contributed by atoms with Crippen molar-refractivity contribution in [1.29, 1.82) is 0 Å². The van der Waals surface area contributed by atoms with E-state index in [0.29, 0.717) is 13.0 Å². The van der Waals surface area contributed by atoms with Gasteiger partial charge in [0.15, 0.2) is 0 Å². The summed E-state index contributed by atoms with van der Waals surface area (Å²) >= 11 is 0. The number of hydrogen-bond acceptors (Lipinski definition) is 4. The van der Waals surface area contributed by atoms with E-state index in [1.54, 1.807) is 13.8 Å². The Hall–Kier alpha value is -1.30. The number of rotatable bonds is 4. The van der Waals surface area contributed by atoms with Crippen LogP contribution in [0.25, 0.3) is 0 Å². The van der Waals surface area contributed by atoms with Crippen LogP contribution in [0.3, 0.4) is 0 Å². The lowest BCUT2D eigenvalue weighted by atomic mass is 10.0. The molecule has 0 saturated carbocycles. The third-order valence-electron chi connectivity index (χ3n) is 2.79. The van der Waals surface area contributed by atoms with E-state index >= 15 is 0 Å². The molecule has 0 aliphatic carbocycles. The first kappa shape index (κ1) is 13.8. The SMILES string of the molecule is COC(=O)N([C@@H]1CCCO1)[C@@H](C(=O)O)C(C)C. The Morgan fingerprint density at radius 1 is 1.47 bits per heavy atom. The number of methoxy groups -OCH3 is 1. The van der Waals surface area contributed by atoms with Crippen LogP contribution in [0.4, 0.5) is 4.79 Å². The number of amides is 1. The molecule has 6 heteroatoms. The molecule has 1 fully saturated rings. The normalized spacial score (nSPS) is 21.3. The average molecular weight is 245 g/mol. The minimum Gasteiger partial charge on any atom is -0.480 e. The molecule has 1 rings (SSSR count). The van der Waals surface area contributed by atoms with Crippen molar-refractivity contribution < 1.29 is 24.2 Å². The quantitative estimate of drug-likeness (QED) is 0.807. The number of carbonyl (C=O) groups is 2. The van der Waals surface area contributed by atoms with Crippen molar-refractivity contribution in [2.75, 3.05) is 13.7 Å². The molecule has 6 nitrogen and oxygen atoms in total. The molecule has 0 bridgehead atoms. The number of nitrogens with zero attached hydrogens (tertiary/aromatic N) is 1. The molecule has 98 valence electrons. The van der Waals surface area contributed by atoms with Crippen LogP contribution in [0.15, 0.2) is 0 Å². The first-order chi connectivity index (χ1) is 7.99. The van der Waals surface area contributed by atoms with E-state index in [4.69, 9.17) is 4.74 Å². The van der Waals surface area contributed by atoms with Gasteiger partial charge in [0.05, 0.1) is 7.11 Å². The summed E-state index contributed by atoms with van der Waals surface area (Å²) in [7, 11) is 1.24. The molecular weight excluding hydrogens is 226 g/mol. The Kier molecular flexibility index (Phi) is 4.74. The minimum absolute atomic E-state index is 0.212.